The van der Waals surface area contributed by atoms with Gasteiger partial charge in [-0.2, -0.15) is 0 Å². The van der Waals surface area contributed by atoms with Crippen LogP contribution in [0.3, 0.4) is 0 Å². The van der Waals surface area contributed by atoms with E-state index >= 15 is 0 Å². The zero-order chi connectivity index (χ0) is 25.3. The molecule has 2 heterocycles. The predicted octanol–water partition coefficient (Wildman–Crippen LogP) is 1.69. The van der Waals surface area contributed by atoms with Gasteiger partial charge in [0.15, 0.2) is 11.5 Å². The summed E-state index contributed by atoms with van der Waals surface area (Å²) in [6.45, 7) is 2.51. The number of hydrogen-bond donors (Lipinski definition) is 3. The number of benzene rings is 2. The molecule has 2 aromatic carbocycles. The lowest BCUT2D eigenvalue weighted by Gasteiger charge is -2.38. The number of ether oxygens (including phenoxy) is 5. The molecule has 2 aliphatic rings. The molecule has 0 spiro atoms. The number of likely N-dealkylation sites (N-methyl/N-ethyl adjacent to an activating group) is 1. The van der Waals surface area contributed by atoms with E-state index in [0.717, 1.165) is 41.8 Å². The molecule has 3 N–H and O–H groups in total. The number of nitrogens with zero attached hydrogens (tertiary/aromatic N) is 1. The molecule has 35 heavy (non-hydrogen) atoms. The lowest BCUT2D eigenvalue weighted by molar-refractivity contribution is -0.268. The zero-order valence-electron chi connectivity index (χ0n) is 20.8. The van der Waals surface area contributed by atoms with Crippen molar-refractivity contribution < 1.29 is 39.0 Å². The Hall–Kier alpha value is -2.56. The van der Waals surface area contributed by atoms with Gasteiger partial charge in [-0.05, 0) is 56.1 Å². The van der Waals surface area contributed by atoms with Gasteiger partial charge in [0.1, 0.15) is 24.1 Å². The molecule has 1 fully saturated rings. The largest absolute Gasteiger partial charge is 0.493 e. The highest BCUT2D eigenvalue weighted by Crippen LogP contribution is 2.47. The highest BCUT2D eigenvalue weighted by Gasteiger charge is 2.43. The van der Waals surface area contributed by atoms with Gasteiger partial charge < -0.3 is 39.0 Å². The molecule has 192 valence electrons. The van der Waals surface area contributed by atoms with Crippen LogP contribution in [0.2, 0.25) is 0 Å². The standard InChI is InChI=1S/C26H35NO8/c1-14-21(28)22(29)23(30)26(34-14)35-16-8-6-15(7-9-16)12-19-18-13-20(31-3)25(33-5)24(32-4)17(18)10-11-27(19)2/h6-9,13-14,19,21-23,26,28-30H,10-12H2,1-5H3. The molecule has 9 heteroatoms. The molecule has 0 radical (unpaired) electrons. The van der Waals surface area contributed by atoms with Gasteiger partial charge in [-0.25, -0.2) is 0 Å². The normalized spacial score (nSPS) is 28.8. The summed E-state index contributed by atoms with van der Waals surface area (Å²) in [6, 6.07) is 9.72. The Bertz CT molecular complexity index is 1010. The molecule has 6 atom stereocenters. The zero-order valence-corrected chi connectivity index (χ0v) is 20.8. The first kappa shape index (κ1) is 25.5. The lowest BCUT2D eigenvalue weighted by atomic mass is 9.88. The molecule has 2 aromatic rings. The van der Waals surface area contributed by atoms with Crippen LogP contribution < -0.4 is 18.9 Å². The van der Waals surface area contributed by atoms with Gasteiger partial charge in [0, 0.05) is 18.2 Å². The van der Waals surface area contributed by atoms with Crippen molar-refractivity contribution in [2.45, 2.75) is 56.5 Å². The fourth-order valence-electron chi connectivity index (χ4n) is 4.91. The Morgan fingerprint density at radius 1 is 0.943 bits per heavy atom. The summed E-state index contributed by atoms with van der Waals surface area (Å²) in [6.07, 6.45) is -3.98. The van der Waals surface area contributed by atoms with E-state index in [2.05, 4.69) is 11.9 Å². The first-order chi connectivity index (χ1) is 16.8. The Morgan fingerprint density at radius 2 is 1.63 bits per heavy atom. The second-order valence-corrected chi connectivity index (χ2v) is 9.11. The summed E-state index contributed by atoms with van der Waals surface area (Å²) in [5.74, 6) is 2.47. The van der Waals surface area contributed by atoms with E-state index in [1.165, 1.54) is 0 Å². The second-order valence-electron chi connectivity index (χ2n) is 9.11. The van der Waals surface area contributed by atoms with Gasteiger partial charge >= 0.3 is 0 Å². The number of fused-ring (bicyclic) bond motifs is 1. The van der Waals surface area contributed by atoms with Crippen LogP contribution in [0.1, 0.15) is 29.7 Å². The highest BCUT2D eigenvalue weighted by molar-refractivity contribution is 5.60. The van der Waals surface area contributed by atoms with E-state index in [0.29, 0.717) is 17.2 Å². The Kier molecular flexibility index (Phi) is 7.73. The van der Waals surface area contributed by atoms with Crippen molar-refractivity contribution in [2.75, 3.05) is 34.9 Å². The second kappa shape index (κ2) is 10.6. The molecular weight excluding hydrogens is 454 g/mol. The van der Waals surface area contributed by atoms with E-state index in [4.69, 9.17) is 23.7 Å². The summed E-state index contributed by atoms with van der Waals surface area (Å²) in [4.78, 5) is 2.32. The number of aliphatic hydroxyl groups is 3. The van der Waals surface area contributed by atoms with Gasteiger partial charge in [-0.1, -0.05) is 12.1 Å². The summed E-state index contributed by atoms with van der Waals surface area (Å²) in [7, 11) is 7.00. The van der Waals surface area contributed by atoms with Gasteiger partial charge in [0.2, 0.25) is 12.0 Å². The molecule has 4 rings (SSSR count). The monoisotopic (exact) mass is 489 g/mol. The fraction of sp³-hybridized carbons (Fsp3) is 0.538. The van der Waals surface area contributed by atoms with Crippen molar-refractivity contribution in [3.05, 3.63) is 47.0 Å². The van der Waals surface area contributed by atoms with E-state index in [1.807, 2.05) is 30.3 Å². The topological polar surface area (TPSA) is 110 Å². The van der Waals surface area contributed by atoms with Crippen LogP contribution in [0.4, 0.5) is 0 Å². The molecule has 0 aromatic heterocycles. The van der Waals surface area contributed by atoms with Crippen LogP contribution in [0.25, 0.3) is 0 Å². The number of hydrogen-bond acceptors (Lipinski definition) is 9. The molecular formula is C26H35NO8. The van der Waals surface area contributed by atoms with Crippen molar-refractivity contribution >= 4 is 0 Å². The molecule has 2 aliphatic heterocycles. The summed E-state index contributed by atoms with van der Waals surface area (Å²) in [5.41, 5.74) is 3.38. The molecule has 0 amide bonds. The van der Waals surface area contributed by atoms with Gasteiger partial charge in [-0.15, -0.1) is 0 Å². The molecule has 9 nitrogen and oxygen atoms in total. The number of rotatable bonds is 7. The third-order valence-corrected chi connectivity index (χ3v) is 6.99. The Morgan fingerprint density at radius 3 is 2.26 bits per heavy atom. The minimum Gasteiger partial charge on any atom is -0.493 e. The van der Waals surface area contributed by atoms with E-state index < -0.39 is 30.7 Å². The smallest absolute Gasteiger partial charge is 0.229 e. The Labute approximate surface area is 205 Å². The molecule has 1 saturated heterocycles. The summed E-state index contributed by atoms with van der Waals surface area (Å²) < 4.78 is 28.2. The summed E-state index contributed by atoms with van der Waals surface area (Å²) in [5, 5.41) is 30.1. The average Bonchev–Trinajstić information content (AvgIpc) is 2.87. The van der Waals surface area contributed by atoms with Crippen LogP contribution in [0.5, 0.6) is 23.0 Å². The van der Waals surface area contributed by atoms with Crippen LogP contribution in [0, 0.1) is 0 Å². The van der Waals surface area contributed by atoms with Crippen LogP contribution in [-0.2, 0) is 17.6 Å². The van der Waals surface area contributed by atoms with Crippen molar-refractivity contribution in [2.24, 2.45) is 0 Å². The molecule has 0 saturated carbocycles. The number of methoxy groups -OCH3 is 3. The van der Waals surface area contributed by atoms with Crippen LogP contribution in [-0.4, -0.2) is 85.8 Å². The lowest BCUT2D eigenvalue weighted by Crippen LogP contribution is -2.58. The molecule has 6 unspecified atom stereocenters. The van der Waals surface area contributed by atoms with Crippen molar-refractivity contribution in [1.82, 2.24) is 4.90 Å². The van der Waals surface area contributed by atoms with E-state index in [-0.39, 0.29) is 6.04 Å². The Balaban J connectivity index is 1.53. The maximum atomic E-state index is 10.2. The minimum atomic E-state index is -1.35. The molecule has 0 aliphatic carbocycles. The third-order valence-electron chi connectivity index (χ3n) is 6.99. The number of aliphatic hydroxyl groups excluding tert-OH is 3. The minimum absolute atomic E-state index is 0.111. The van der Waals surface area contributed by atoms with Gasteiger partial charge in [0.25, 0.3) is 0 Å². The maximum Gasteiger partial charge on any atom is 0.229 e. The van der Waals surface area contributed by atoms with E-state index in [9.17, 15) is 15.3 Å². The average molecular weight is 490 g/mol. The first-order valence-electron chi connectivity index (χ1n) is 11.8. The van der Waals surface area contributed by atoms with Gasteiger partial charge in [-0.3, -0.25) is 4.90 Å². The predicted molar refractivity (Wildman–Crippen MR) is 128 cm³/mol. The van der Waals surface area contributed by atoms with Crippen LogP contribution >= 0.6 is 0 Å². The fourth-order valence-corrected chi connectivity index (χ4v) is 4.91. The highest BCUT2D eigenvalue weighted by atomic mass is 16.7. The first-order valence-corrected chi connectivity index (χ1v) is 11.8. The van der Waals surface area contributed by atoms with E-state index in [1.54, 1.807) is 28.3 Å². The third kappa shape index (κ3) is 4.92. The van der Waals surface area contributed by atoms with Crippen molar-refractivity contribution in [3.63, 3.8) is 0 Å². The SMILES string of the molecule is COc1cc2c(c(OC)c1OC)CCN(C)C2Cc1ccc(OC2OC(C)C(O)C(O)C2O)cc1. The summed E-state index contributed by atoms with van der Waals surface area (Å²) >= 11 is 0. The van der Waals surface area contributed by atoms with Crippen LogP contribution in [0.15, 0.2) is 30.3 Å². The maximum absolute atomic E-state index is 10.2. The molecule has 0 bridgehead atoms. The van der Waals surface area contributed by atoms with Gasteiger partial charge in [0.05, 0.1) is 27.4 Å². The van der Waals surface area contributed by atoms with Crippen molar-refractivity contribution in [1.29, 1.82) is 0 Å². The van der Waals surface area contributed by atoms with Crippen molar-refractivity contribution in [3.8, 4) is 23.0 Å². The quantitative estimate of drug-likeness (QED) is 0.535.